The Morgan fingerprint density at radius 1 is 1.10 bits per heavy atom. The second-order valence-electron chi connectivity index (χ2n) is 4.23. The molecule has 0 saturated carbocycles. The van der Waals surface area contributed by atoms with E-state index in [1.165, 1.54) is 11.0 Å². The zero-order valence-corrected chi connectivity index (χ0v) is 12.4. The highest BCUT2D eigenvalue weighted by Gasteiger charge is 2.13. The van der Waals surface area contributed by atoms with Crippen molar-refractivity contribution in [2.45, 2.75) is 0 Å². The normalized spacial score (nSPS) is 10.3. The van der Waals surface area contributed by atoms with E-state index < -0.39 is 0 Å². The van der Waals surface area contributed by atoms with Gasteiger partial charge in [-0.25, -0.2) is 0 Å². The van der Waals surface area contributed by atoms with Crippen LogP contribution in [0, 0.1) is 0 Å². The lowest BCUT2D eigenvalue weighted by atomic mass is 10.1. The molecule has 0 unspecified atom stereocenters. The van der Waals surface area contributed by atoms with Gasteiger partial charge in [0, 0.05) is 10.2 Å². The van der Waals surface area contributed by atoms with Crippen LogP contribution in [0.5, 0.6) is 0 Å². The van der Waals surface area contributed by atoms with E-state index in [1.54, 1.807) is 18.2 Å². The van der Waals surface area contributed by atoms with Crippen LogP contribution in [0.1, 0.15) is 10.4 Å². The number of aromatic nitrogens is 4. The summed E-state index contributed by atoms with van der Waals surface area (Å²) in [5, 5.41) is 13.8. The van der Waals surface area contributed by atoms with E-state index in [4.69, 9.17) is 0 Å². The number of hydrogen-bond donors (Lipinski definition) is 1. The number of carbonyl (C=O) groups excluding carboxylic acids is 1. The molecule has 0 aliphatic rings. The SMILES string of the molecule is O=C(Nc1ccc(Br)cc1)c1ccccc1-n1cnnn1. The first kappa shape index (κ1) is 13.4. The van der Waals surface area contributed by atoms with E-state index in [1.807, 2.05) is 30.3 Å². The number of nitrogens with one attached hydrogen (secondary N) is 1. The molecule has 7 heteroatoms. The van der Waals surface area contributed by atoms with Crippen LogP contribution in [0.15, 0.2) is 59.3 Å². The molecule has 0 aliphatic carbocycles. The number of hydrogen-bond acceptors (Lipinski definition) is 4. The number of anilines is 1. The summed E-state index contributed by atoms with van der Waals surface area (Å²) in [6.07, 6.45) is 1.45. The van der Waals surface area contributed by atoms with Gasteiger partial charge in [-0.05, 0) is 46.8 Å². The van der Waals surface area contributed by atoms with E-state index in [0.29, 0.717) is 11.3 Å². The van der Waals surface area contributed by atoms with E-state index in [9.17, 15) is 4.79 Å². The molecule has 3 rings (SSSR count). The number of nitrogens with zero attached hydrogens (tertiary/aromatic N) is 4. The number of rotatable bonds is 3. The first-order chi connectivity index (χ1) is 10.2. The van der Waals surface area contributed by atoms with E-state index in [0.717, 1.165) is 10.2 Å². The van der Waals surface area contributed by atoms with Gasteiger partial charge in [-0.3, -0.25) is 4.79 Å². The maximum absolute atomic E-state index is 12.4. The van der Waals surface area contributed by atoms with E-state index in [2.05, 4.69) is 36.8 Å². The lowest BCUT2D eigenvalue weighted by Crippen LogP contribution is -2.15. The molecule has 0 atom stereocenters. The summed E-state index contributed by atoms with van der Waals surface area (Å²) in [5.41, 5.74) is 1.83. The molecule has 0 fully saturated rings. The summed E-state index contributed by atoms with van der Waals surface area (Å²) in [4.78, 5) is 12.4. The fraction of sp³-hybridized carbons (Fsp3) is 0. The predicted octanol–water partition coefficient (Wildman–Crippen LogP) is 2.68. The lowest BCUT2D eigenvalue weighted by Gasteiger charge is -2.09. The Morgan fingerprint density at radius 3 is 2.57 bits per heavy atom. The maximum Gasteiger partial charge on any atom is 0.257 e. The molecule has 0 aliphatic heterocycles. The van der Waals surface area contributed by atoms with Crippen molar-refractivity contribution in [3.05, 3.63) is 64.9 Å². The molecule has 0 bridgehead atoms. The number of carbonyl (C=O) groups is 1. The van der Waals surface area contributed by atoms with Gasteiger partial charge >= 0.3 is 0 Å². The monoisotopic (exact) mass is 343 g/mol. The Kier molecular flexibility index (Phi) is 3.74. The first-order valence-electron chi connectivity index (χ1n) is 6.13. The van der Waals surface area contributed by atoms with Crippen LogP contribution < -0.4 is 5.32 Å². The average molecular weight is 344 g/mol. The summed E-state index contributed by atoms with van der Waals surface area (Å²) >= 11 is 3.36. The van der Waals surface area contributed by atoms with Gasteiger partial charge in [-0.1, -0.05) is 28.1 Å². The fourth-order valence-electron chi connectivity index (χ4n) is 1.87. The lowest BCUT2D eigenvalue weighted by molar-refractivity contribution is 0.102. The van der Waals surface area contributed by atoms with E-state index in [-0.39, 0.29) is 5.91 Å². The molecule has 2 aromatic carbocycles. The molecule has 0 spiro atoms. The van der Waals surface area contributed by atoms with Gasteiger partial charge in [-0.2, -0.15) is 4.68 Å². The second kappa shape index (κ2) is 5.84. The van der Waals surface area contributed by atoms with Gasteiger partial charge < -0.3 is 5.32 Å². The zero-order valence-electron chi connectivity index (χ0n) is 10.8. The van der Waals surface area contributed by atoms with Crippen LogP contribution in [0.2, 0.25) is 0 Å². The highest BCUT2D eigenvalue weighted by atomic mass is 79.9. The predicted molar refractivity (Wildman–Crippen MR) is 81.2 cm³/mol. The van der Waals surface area contributed by atoms with Crippen LogP contribution >= 0.6 is 15.9 Å². The Balaban J connectivity index is 1.90. The topological polar surface area (TPSA) is 72.7 Å². The molecule has 1 heterocycles. The number of para-hydroxylation sites is 1. The summed E-state index contributed by atoms with van der Waals surface area (Å²) in [5.74, 6) is -0.219. The van der Waals surface area contributed by atoms with Gasteiger partial charge in [0.05, 0.1) is 11.3 Å². The molecule has 0 saturated heterocycles. The average Bonchev–Trinajstić information content (AvgIpc) is 3.04. The molecular formula is C14H10BrN5O. The van der Waals surface area contributed by atoms with Crippen molar-refractivity contribution >= 4 is 27.5 Å². The van der Waals surface area contributed by atoms with Crippen LogP contribution in [-0.4, -0.2) is 26.1 Å². The van der Waals surface area contributed by atoms with Crippen molar-refractivity contribution in [1.29, 1.82) is 0 Å². The zero-order chi connectivity index (χ0) is 14.7. The molecule has 1 N–H and O–H groups in total. The molecule has 104 valence electrons. The Labute approximate surface area is 128 Å². The van der Waals surface area contributed by atoms with Crippen LogP contribution in [0.3, 0.4) is 0 Å². The van der Waals surface area contributed by atoms with Crippen molar-refractivity contribution in [2.75, 3.05) is 5.32 Å². The van der Waals surface area contributed by atoms with Gasteiger partial charge in [-0.15, -0.1) is 5.10 Å². The van der Waals surface area contributed by atoms with Crippen LogP contribution in [-0.2, 0) is 0 Å². The number of halogens is 1. The number of benzene rings is 2. The largest absolute Gasteiger partial charge is 0.322 e. The van der Waals surface area contributed by atoms with Gasteiger partial charge in [0.15, 0.2) is 0 Å². The summed E-state index contributed by atoms with van der Waals surface area (Å²) in [6.45, 7) is 0. The second-order valence-corrected chi connectivity index (χ2v) is 5.15. The third-order valence-electron chi connectivity index (χ3n) is 2.85. The molecule has 1 aromatic heterocycles. The standard InChI is InChI=1S/C14H10BrN5O/c15-10-5-7-11(8-6-10)17-14(21)12-3-1-2-4-13(12)20-9-16-18-19-20/h1-9H,(H,17,21). The van der Waals surface area contributed by atoms with Crippen molar-refractivity contribution in [3.63, 3.8) is 0 Å². The van der Waals surface area contributed by atoms with Gasteiger partial charge in [0.1, 0.15) is 6.33 Å². The molecule has 1 amide bonds. The Morgan fingerprint density at radius 2 is 1.86 bits per heavy atom. The molecular weight excluding hydrogens is 334 g/mol. The highest BCUT2D eigenvalue weighted by molar-refractivity contribution is 9.10. The minimum absolute atomic E-state index is 0.219. The third-order valence-corrected chi connectivity index (χ3v) is 3.38. The minimum atomic E-state index is -0.219. The highest BCUT2D eigenvalue weighted by Crippen LogP contribution is 2.17. The van der Waals surface area contributed by atoms with Gasteiger partial charge in [0.25, 0.3) is 5.91 Å². The molecule has 21 heavy (non-hydrogen) atoms. The Bertz CT molecular complexity index is 755. The number of tetrazole rings is 1. The van der Waals surface area contributed by atoms with E-state index >= 15 is 0 Å². The Hall–Kier alpha value is -2.54. The summed E-state index contributed by atoms with van der Waals surface area (Å²) in [7, 11) is 0. The van der Waals surface area contributed by atoms with Crippen molar-refractivity contribution < 1.29 is 4.79 Å². The van der Waals surface area contributed by atoms with Gasteiger partial charge in [0.2, 0.25) is 0 Å². The van der Waals surface area contributed by atoms with Crippen molar-refractivity contribution in [2.24, 2.45) is 0 Å². The van der Waals surface area contributed by atoms with Crippen molar-refractivity contribution in [1.82, 2.24) is 20.2 Å². The van der Waals surface area contributed by atoms with Crippen molar-refractivity contribution in [3.8, 4) is 5.69 Å². The fourth-order valence-corrected chi connectivity index (χ4v) is 2.13. The summed E-state index contributed by atoms with van der Waals surface area (Å²) in [6, 6.07) is 14.5. The van der Waals surface area contributed by atoms with Crippen LogP contribution in [0.4, 0.5) is 5.69 Å². The molecule has 6 nitrogen and oxygen atoms in total. The molecule has 0 radical (unpaired) electrons. The third kappa shape index (κ3) is 2.97. The summed E-state index contributed by atoms with van der Waals surface area (Å²) < 4.78 is 2.41. The van der Waals surface area contributed by atoms with Crippen LogP contribution in [0.25, 0.3) is 5.69 Å². The number of amides is 1. The quantitative estimate of drug-likeness (QED) is 0.793. The maximum atomic E-state index is 12.4. The smallest absolute Gasteiger partial charge is 0.257 e. The molecule has 3 aromatic rings. The first-order valence-corrected chi connectivity index (χ1v) is 6.92. The minimum Gasteiger partial charge on any atom is -0.322 e.